The molecule has 0 aromatic heterocycles. The summed E-state index contributed by atoms with van der Waals surface area (Å²) in [5.41, 5.74) is 9.77. The maximum absolute atomic E-state index is 12.1. The van der Waals surface area contributed by atoms with Gasteiger partial charge >= 0.3 is 0 Å². The number of nitrogens with two attached hydrogens (primary N) is 2. The van der Waals surface area contributed by atoms with Crippen molar-refractivity contribution in [3.8, 4) is 0 Å². The van der Waals surface area contributed by atoms with E-state index in [-0.39, 0.29) is 17.0 Å². The lowest BCUT2D eigenvalue weighted by molar-refractivity contribution is -0.121. The van der Waals surface area contributed by atoms with Gasteiger partial charge in [-0.15, -0.1) is 0 Å². The molecule has 0 heterocycles. The zero-order chi connectivity index (χ0) is 27.9. The Hall–Kier alpha value is -0.730. The van der Waals surface area contributed by atoms with Crippen molar-refractivity contribution in [2.24, 2.45) is 23.3 Å². The summed E-state index contributed by atoms with van der Waals surface area (Å²) in [6.45, 7) is 22.9. The zero-order valence-corrected chi connectivity index (χ0v) is 25.3. The number of unbranched alkanes of at least 4 members (excludes halogenated alkanes) is 1. The molecule has 7 heteroatoms. The summed E-state index contributed by atoms with van der Waals surface area (Å²) in [7, 11) is 0. The number of carbonyl (C=O) groups is 1. The quantitative estimate of drug-likeness (QED) is 0.151. The predicted molar refractivity (Wildman–Crippen MR) is 155 cm³/mol. The minimum absolute atomic E-state index is 0.0981. The van der Waals surface area contributed by atoms with Gasteiger partial charge in [-0.2, -0.15) is 0 Å². The second-order valence-electron chi connectivity index (χ2n) is 11.4. The first kappa shape index (κ1) is 37.4. The fourth-order valence-electron chi connectivity index (χ4n) is 3.33. The van der Waals surface area contributed by atoms with Crippen LogP contribution < -0.4 is 22.1 Å². The van der Waals surface area contributed by atoms with Crippen molar-refractivity contribution in [3.63, 3.8) is 0 Å². The van der Waals surface area contributed by atoms with Crippen LogP contribution in [0.15, 0.2) is 0 Å². The molecule has 0 radical (unpaired) electrons. The lowest BCUT2D eigenvalue weighted by Gasteiger charge is -2.30. The van der Waals surface area contributed by atoms with Crippen molar-refractivity contribution in [3.05, 3.63) is 0 Å². The van der Waals surface area contributed by atoms with Crippen molar-refractivity contribution < 1.29 is 14.3 Å². The normalized spacial score (nSPS) is 14.2. The molecule has 0 aliphatic carbocycles. The molecule has 218 valence electrons. The molecular weight excluding hydrogens is 452 g/mol. The number of hydrogen-bond acceptors (Lipinski definition) is 6. The monoisotopic (exact) mass is 516 g/mol. The van der Waals surface area contributed by atoms with Gasteiger partial charge in [0.15, 0.2) is 0 Å². The van der Waals surface area contributed by atoms with Gasteiger partial charge in [-0.25, -0.2) is 0 Å². The summed E-state index contributed by atoms with van der Waals surface area (Å²) in [6.07, 6.45) is 8.85. The average Bonchev–Trinajstić information content (AvgIpc) is 2.83. The van der Waals surface area contributed by atoms with Gasteiger partial charge in [0.2, 0.25) is 5.91 Å². The Labute approximate surface area is 224 Å². The van der Waals surface area contributed by atoms with E-state index in [9.17, 15) is 4.79 Å². The van der Waals surface area contributed by atoms with Crippen LogP contribution in [0.25, 0.3) is 0 Å². The molecule has 0 saturated heterocycles. The van der Waals surface area contributed by atoms with E-state index in [4.69, 9.17) is 20.9 Å². The van der Waals surface area contributed by atoms with E-state index in [0.717, 1.165) is 64.1 Å². The average molecular weight is 517 g/mol. The maximum Gasteiger partial charge on any atom is 0.219 e. The van der Waals surface area contributed by atoms with E-state index in [1.807, 2.05) is 0 Å². The van der Waals surface area contributed by atoms with Crippen LogP contribution in [-0.2, 0) is 14.3 Å². The van der Waals surface area contributed by atoms with E-state index in [0.29, 0.717) is 38.6 Å². The van der Waals surface area contributed by atoms with Crippen molar-refractivity contribution in [1.82, 2.24) is 10.6 Å². The Morgan fingerprint density at radius 2 is 1.56 bits per heavy atom. The van der Waals surface area contributed by atoms with Crippen molar-refractivity contribution in [2.45, 2.75) is 124 Å². The highest BCUT2D eigenvalue weighted by Gasteiger charge is 2.21. The summed E-state index contributed by atoms with van der Waals surface area (Å²) < 4.78 is 11.7. The molecule has 36 heavy (non-hydrogen) atoms. The number of carbonyl (C=O) groups excluding carboxylic acids is 1. The molecule has 6 N–H and O–H groups in total. The number of amides is 1. The maximum atomic E-state index is 12.1. The standard InChI is InChI=1S/C27H56N2O3.C2H8N2/c1-9-24(5)14-18-29-27(8,10-2)16-19-28-25(30)13-11-12-20-31-22-17-26(6,7)32-21-15-23(3)4;3-1-2-4/h23-24,29H,9-22H2,1-8H3,(H,28,30);1-4H2. The van der Waals surface area contributed by atoms with Crippen LogP contribution in [0.4, 0.5) is 0 Å². The second-order valence-corrected chi connectivity index (χ2v) is 11.4. The molecule has 0 aromatic rings. The van der Waals surface area contributed by atoms with Gasteiger partial charge < -0.3 is 31.6 Å². The molecule has 0 saturated carbocycles. The number of rotatable bonds is 22. The van der Waals surface area contributed by atoms with E-state index >= 15 is 0 Å². The molecule has 0 bridgehead atoms. The molecule has 0 spiro atoms. The van der Waals surface area contributed by atoms with Crippen LogP contribution in [0.5, 0.6) is 0 Å². The van der Waals surface area contributed by atoms with Crippen molar-refractivity contribution >= 4 is 5.91 Å². The number of nitrogens with one attached hydrogen (secondary N) is 2. The lowest BCUT2D eigenvalue weighted by atomic mass is 9.93. The van der Waals surface area contributed by atoms with E-state index in [2.05, 4.69) is 66.0 Å². The van der Waals surface area contributed by atoms with E-state index in [1.54, 1.807) is 0 Å². The summed E-state index contributed by atoms with van der Waals surface area (Å²) in [5.74, 6) is 1.59. The topological polar surface area (TPSA) is 112 Å². The van der Waals surface area contributed by atoms with Crippen LogP contribution in [-0.4, -0.2) is 63.0 Å². The Kier molecular flexibility index (Phi) is 24.3. The minimum atomic E-state index is -0.134. The number of hydrogen-bond donors (Lipinski definition) is 4. The fraction of sp³-hybridized carbons (Fsp3) is 0.966. The molecule has 0 aromatic carbocycles. The predicted octanol–water partition coefficient (Wildman–Crippen LogP) is 5.01. The highest BCUT2D eigenvalue weighted by atomic mass is 16.5. The lowest BCUT2D eigenvalue weighted by Crippen LogP contribution is -2.45. The molecule has 2 atom stereocenters. The molecular formula is C29H64N4O3. The van der Waals surface area contributed by atoms with Crippen molar-refractivity contribution in [2.75, 3.05) is 46.0 Å². The Morgan fingerprint density at radius 3 is 2.11 bits per heavy atom. The summed E-state index contributed by atoms with van der Waals surface area (Å²) in [4.78, 5) is 12.1. The van der Waals surface area contributed by atoms with Gasteiger partial charge in [0, 0.05) is 51.4 Å². The first-order valence-corrected chi connectivity index (χ1v) is 14.6. The van der Waals surface area contributed by atoms with E-state index < -0.39 is 0 Å². The summed E-state index contributed by atoms with van der Waals surface area (Å²) in [5, 5.41) is 6.80. The van der Waals surface area contributed by atoms with E-state index in [1.165, 1.54) is 12.8 Å². The zero-order valence-electron chi connectivity index (χ0n) is 25.3. The largest absolute Gasteiger partial charge is 0.381 e. The third-order valence-electron chi connectivity index (χ3n) is 6.81. The first-order valence-electron chi connectivity index (χ1n) is 14.6. The summed E-state index contributed by atoms with van der Waals surface area (Å²) in [6, 6.07) is 0. The third-order valence-corrected chi connectivity index (χ3v) is 6.81. The third kappa shape index (κ3) is 24.9. The van der Waals surface area contributed by atoms with Gasteiger partial charge in [0.25, 0.3) is 0 Å². The number of ether oxygens (including phenoxy) is 2. The molecule has 0 rings (SSSR count). The highest BCUT2D eigenvalue weighted by Crippen LogP contribution is 2.17. The molecule has 0 fully saturated rings. The minimum Gasteiger partial charge on any atom is -0.381 e. The van der Waals surface area contributed by atoms with Crippen LogP contribution >= 0.6 is 0 Å². The smallest absolute Gasteiger partial charge is 0.219 e. The van der Waals surface area contributed by atoms with Crippen molar-refractivity contribution in [1.29, 1.82) is 0 Å². The summed E-state index contributed by atoms with van der Waals surface area (Å²) >= 11 is 0. The van der Waals surface area contributed by atoms with Gasteiger partial charge in [-0.1, -0.05) is 41.0 Å². The fourth-order valence-corrected chi connectivity index (χ4v) is 3.33. The molecule has 0 aliphatic rings. The molecule has 0 aliphatic heterocycles. The SMILES string of the molecule is CCC(C)CCNC(C)(CC)CCNC(=O)CCCCOCCC(C)(C)OCCC(C)C.NCCN. The Balaban J connectivity index is 0. The van der Waals surface area contributed by atoms with Crippen LogP contribution in [0.1, 0.15) is 113 Å². The molecule has 1 amide bonds. The van der Waals surface area contributed by atoms with Gasteiger partial charge in [-0.05, 0) is 84.1 Å². The van der Waals surface area contributed by atoms with Gasteiger partial charge in [0.05, 0.1) is 5.60 Å². The van der Waals surface area contributed by atoms with Crippen LogP contribution in [0.2, 0.25) is 0 Å². The first-order chi connectivity index (χ1) is 16.9. The van der Waals surface area contributed by atoms with Gasteiger partial charge in [0.1, 0.15) is 0 Å². The van der Waals surface area contributed by atoms with Crippen LogP contribution in [0.3, 0.4) is 0 Å². The van der Waals surface area contributed by atoms with Crippen LogP contribution in [0, 0.1) is 11.8 Å². The second kappa shape index (κ2) is 23.4. The van der Waals surface area contributed by atoms with Gasteiger partial charge in [-0.3, -0.25) is 4.79 Å². The highest BCUT2D eigenvalue weighted by molar-refractivity contribution is 5.75. The molecule has 2 unspecified atom stereocenters. The Morgan fingerprint density at radius 1 is 0.889 bits per heavy atom. The molecule has 7 nitrogen and oxygen atoms in total. The Bertz CT molecular complexity index is 501.